The number of alkyl halides is 3. The Morgan fingerprint density at radius 1 is 1.26 bits per heavy atom. The molecule has 1 aromatic carbocycles. The molecule has 2 rings (SSSR count). The van der Waals surface area contributed by atoms with Gasteiger partial charge in [0.1, 0.15) is 6.10 Å². The summed E-state index contributed by atoms with van der Waals surface area (Å²) in [5, 5.41) is 2.53. The van der Waals surface area contributed by atoms with E-state index in [1.165, 1.54) is 18.2 Å². The van der Waals surface area contributed by atoms with Gasteiger partial charge in [0.2, 0.25) is 11.8 Å². The minimum absolute atomic E-state index is 0.0835. The molecule has 5 nitrogen and oxygen atoms in total. The van der Waals surface area contributed by atoms with Crippen LogP contribution in [0, 0.1) is 0 Å². The fraction of sp³-hybridized carbons (Fsp3) is 0.467. The van der Waals surface area contributed by atoms with Gasteiger partial charge in [-0.2, -0.15) is 13.2 Å². The molecule has 0 spiro atoms. The molecule has 1 fully saturated rings. The number of amides is 2. The van der Waals surface area contributed by atoms with Crippen molar-refractivity contribution in [3.05, 3.63) is 35.4 Å². The van der Waals surface area contributed by atoms with Crippen molar-refractivity contribution < 1.29 is 27.5 Å². The summed E-state index contributed by atoms with van der Waals surface area (Å²) in [6.07, 6.45) is -4.85. The van der Waals surface area contributed by atoms with Crippen LogP contribution in [0.25, 0.3) is 0 Å². The van der Waals surface area contributed by atoms with Crippen LogP contribution in [0.2, 0.25) is 0 Å². The van der Waals surface area contributed by atoms with Gasteiger partial charge in [0.25, 0.3) is 0 Å². The Kier molecular flexibility index (Phi) is 5.25. The fourth-order valence-electron chi connectivity index (χ4n) is 2.48. The van der Waals surface area contributed by atoms with E-state index in [4.69, 9.17) is 10.5 Å². The Morgan fingerprint density at radius 3 is 2.57 bits per heavy atom. The Hall–Kier alpha value is -2.09. The number of nitrogens with one attached hydrogen (secondary N) is 1. The molecule has 0 unspecified atom stereocenters. The first kappa shape index (κ1) is 17.3. The molecule has 2 amide bonds. The molecule has 1 saturated heterocycles. The monoisotopic (exact) mass is 330 g/mol. The average Bonchev–Trinajstić information content (AvgIpc) is 2.94. The largest absolute Gasteiger partial charge is 0.416 e. The third-order valence-electron chi connectivity index (χ3n) is 3.63. The lowest BCUT2D eigenvalue weighted by Gasteiger charge is -2.14. The van der Waals surface area contributed by atoms with Crippen molar-refractivity contribution in [1.29, 1.82) is 0 Å². The zero-order chi connectivity index (χ0) is 17.0. The Morgan fingerprint density at radius 2 is 1.96 bits per heavy atom. The molecule has 0 bridgehead atoms. The lowest BCUT2D eigenvalue weighted by molar-refractivity contribution is -0.138. The van der Waals surface area contributed by atoms with E-state index >= 15 is 0 Å². The van der Waals surface area contributed by atoms with E-state index in [-0.39, 0.29) is 24.6 Å². The van der Waals surface area contributed by atoms with Crippen LogP contribution in [0.15, 0.2) is 24.3 Å². The zero-order valence-electron chi connectivity index (χ0n) is 12.2. The summed E-state index contributed by atoms with van der Waals surface area (Å²) in [6, 6.07) is 4.95. The molecule has 0 aliphatic carbocycles. The van der Waals surface area contributed by atoms with E-state index in [9.17, 15) is 22.8 Å². The Labute approximate surface area is 131 Å². The smallest absolute Gasteiger partial charge is 0.367 e. The average molecular weight is 330 g/mol. The molecule has 126 valence electrons. The number of hydrogen-bond donors (Lipinski definition) is 2. The van der Waals surface area contributed by atoms with Gasteiger partial charge < -0.3 is 15.8 Å². The molecule has 8 heteroatoms. The first-order valence-electron chi connectivity index (χ1n) is 7.14. The molecule has 0 aromatic heterocycles. The molecule has 1 heterocycles. The topological polar surface area (TPSA) is 81.4 Å². The number of hydrogen-bond acceptors (Lipinski definition) is 3. The highest BCUT2D eigenvalue weighted by Gasteiger charge is 2.33. The first-order chi connectivity index (χ1) is 10.8. The van der Waals surface area contributed by atoms with E-state index in [1.807, 2.05) is 0 Å². The predicted molar refractivity (Wildman–Crippen MR) is 75.2 cm³/mol. The normalized spacial score (nSPS) is 21.2. The standard InChI is InChI=1S/C15H17F3N2O3/c16-15(17,18)11-4-2-1-3-9(11)7-13(21)20-8-10-5-6-12(23-10)14(19)22/h1-4,10,12H,5-8H2,(H2,19,22)(H,20,21)/t10-,12+/m1/s1. The summed E-state index contributed by atoms with van der Waals surface area (Å²) < 4.78 is 43.9. The molecule has 1 aromatic rings. The number of primary amides is 1. The highest BCUT2D eigenvalue weighted by molar-refractivity contribution is 5.79. The van der Waals surface area contributed by atoms with Gasteiger partial charge in [-0.25, -0.2) is 0 Å². The van der Waals surface area contributed by atoms with Crippen molar-refractivity contribution in [2.45, 2.75) is 37.6 Å². The van der Waals surface area contributed by atoms with Gasteiger partial charge in [0.15, 0.2) is 0 Å². The number of carbonyl (C=O) groups is 2. The van der Waals surface area contributed by atoms with Crippen molar-refractivity contribution in [2.75, 3.05) is 6.54 Å². The van der Waals surface area contributed by atoms with Gasteiger partial charge in [0, 0.05) is 6.54 Å². The van der Waals surface area contributed by atoms with Crippen LogP contribution in [0.1, 0.15) is 24.0 Å². The second-order valence-corrected chi connectivity index (χ2v) is 5.36. The van der Waals surface area contributed by atoms with E-state index in [1.54, 1.807) is 0 Å². The quantitative estimate of drug-likeness (QED) is 0.856. The molecule has 2 atom stereocenters. The van der Waals surface area contributed by atoms with Crippen molar-refractivity contribution in [3.8, 4) is 0 Å². The molecular formula is C15H17F3N2O3. The summed E-state index contributed by atoms with van der Waals surface area (Å²) >= 11 is 0. The van der Waals surface area contributed by atoms with Crippen molar-refractivity contribution in [2.24, 2.45) is 5.73 Å². The lowest BCUT2D eigenvalue weighted by Crippen LogP contribution is -2.35. The number of carbonyl (C=O) groups excluding carboxylic acids is 2. The fourth-order valence-corrected chi connectivity index (χ4v) is 2.48. The maximum atomic E-state index is 12.9. The summed E-state index contributed by atoms with van der Waals surface area (Å²) in [5.41, 5.74) is 4.22. The van der Waals surface area contributed by atoms with Crippen LogP contribution in [0.4, 0.5) is 13.2 Å². The van der Waals surface area contributed by atoms with Crippen LogP contribution in [0.5, 0.6) is 0 Å². The number of nitrogens with two attached hydrogens (primary N) is 1. The molecule has 3 N–H and O–H groups in total. The Balaban J connectivity index is 1.88. The Bertz CT molecular complexity index is 590. The molecule has 23 heavy (non-hydrogen) atoms. The van der Waals surface area contributed by atoms with Gasteiger partial charge in [-0.1, -0.05) is 18.2 Å². The lowest BCUT2D eigenvalue weighted by atomic mass is 10.0. The third kappa shape index (κ3) is 4.69. The highest BCUT2D eigenvalue weighted by atomic mass is 19.4. The van der Waals surface area contributed by atoms with Crippen molar-refractivity contribution >= 4 is 11.8 Å². The van der Waals surface area contributed by atoms with Crippen molar-refractivity contribution in [3.63, 3.8) is 0 Å². The maximum Gasteiger partial charge on any atom is 0.416 e. The molecular weight excluding hydrogens is 313 g/mol. The van der Waals surface area contributed by atoms with Gasteiger partial charge in [-0.3, -0.25) is 9.59 Å². The second-order valence-electron chi connectivity index (χ2n) is 5.36. The molecule has 0 saturated carbocycles. The van der Waals surface area contributed by atoms with Crippen LogP contribution in [-0.2, 0) is 26.9 Å². The van der Waals surface area contributed by atoms with Crippen LogP contribution < -0.4 is 11.1 Å². The van der Waals surface area contributed by atoms with Gasteiger partial charge >= 0.3 is 6.18 Å². The SMILES string of the molecule is NC(=O)[C@@H]1CC[C@H](CNC(=O)Cc2ccccc2C(F)(F)F)O1. The molecule has 1 aliphatic rings. The highest BCUT2D eigenvalue weighted by Crippen LogP contribution is 2.32. The second kappa shape index (κ2) is 6.99. The van der Waals surface area contributed by atoms with Crippen LogP contribution in [0.3, 0.4) is 0 Å². The van der Waals surface area contributed by atoms with E-state index in [2.05, 4.69) is 5.32 Å². The minimum Gasteiger partial charge on any atom is -0.367 e. The van der Waals surface area contributed by atoms with Crippen LogP contribution >= 0.6 is 0 Å². The van der Waals surface area contributed by atoms with Gasteiger partial charge in [-0.05, 0) is 24.5 Å². The predicted octanol–water partition coefficient (Wildman–Crippen LogP) is 1.40. The van der Waals surface area contributed by atoms with Gasteiger partial charge in [0.05, 0.1) is 18.1 Å². The third-order valence-corrected chi connectivity index (χ3v) is 3.63. The zero-order valence-corrected chi connectivity index (χ0v) is 12.2. The van der Waals surface area contributed by atoms with Crippen LogP contribution in [-0.4, -0.2) is 30.6 Å². The van der Waals surface area contributed by atoms with E-state index < -0.39 is 29.7 Å². The summed E-state index contributed by atoms with van der Waals surface area (Å²) in [4.78, 5) is 22.8. The maximum absolute atomic E-state index is 12.9. The molecule has 0 radical (unpaired) electrons. The van der Waals surface area contributed by atoms with Crippen molar-refractivity contribution in [1.82, 2.24) is 5.32 Å². The number of rotatable bonds is 5. The minimum atomic E-state index is -4.50. The van der Waals surface area contributed by atoms with E-state index in [0.717, 1.165) is 6.07 Å². The van der Waals surface area contributed by atoms with Gasteiger partial charge in [-0.15, -0.1) is 0 Å². The summed E-state index contributed by atoms with van der Waals surface area (Å²) in [5.74, 6) is -1.09. The molecule has 1 aliphatic heterocycles. The van der Waals surface area contributed by atoms with E-state index in [0.29, 0.717) is 12.8 Å². The summed E-state index contributed by atoms with van der Waals surface area (Å²) in [7, 11) is 0. The summed E-state index contributed by atoms with van der Waals surface area (Å²) in [6.45, 7) is 0.136. The number of ether oxygens (including phenoxy) is 1. The first-order valence-corrected chi connectivity index (χ1v) is 7.14. The number of halogens is 3. The number of benzene rings is 1.